The number of carbonyl (C=O) groups is 1. The van der Waals surface area contributed by atoms with E-state index in [2.05, 4.69) is 10.4 Å². The van der Waals surface area contributed by atoms with Crippen LogP contribution in [-0.2, 0) is 26.6 Å². The van der Waals surface area contributed by atoms with Gasteiger partial charge in [-0.15, -0.1) is 0 Å². The van der Waals surface area contributed by atoms with E-state index in [1.54, 1.807) is 0 Å². The molecule has 1 heterocycles. The summed E-state index contributed by atoms with van der Waals surface area (Å²) in [5.41, 5.74) is 0. The first-order chi connectivity index (χ1) is 7.84. The lowest BCUT2D eigenvalue weighted by Gasteiger charge is -2.03. The molecule has 0 saturated heterocycles. The van der Waals surface area contributed by atoms with Crippen molar-refractivity contribution in [1.29, 1.82) is 0 Å². The molecule has 0 bridgehead atoms. The molecule has 1 rings (SSSR count). The Kier molecular flexibility index (Phi) is 4.21. The number of nitrogens with one attached hydrogen (secondary N) is 1. The molecule has 0 radical (unpaired) electrons. The van der Waals surface area contributed by atoms with Crippen LogP contribution < -0.4 is 10.5 Å². The number of methoxy groups -OCH3 is 1. The van der Waals surface area contributed by atoms with Crippen molar-refractivity contribution >= 4 is 21.7 Å². The molecule has 96 valence electrons. The van der Waals surface area contributed by atoms with Gasteiger partial charge in [-0.3, -0.25) is 9.48 Å². The molecular weight excluding hydrogens is 248 g/mol. The summed E-state index contributed by atoms with van der Waals surface area (Å²) in [7, 11) is -0.919. The van der Waals surface area contributed by atoms with Crippen LogP contribution in [0.4, 0.5) is 5.82 Å². The fourth-order valence-corrected chi connectivity index (χ4v) is 1.81. The van der Waals surface area contributed by atoms with E-state index in [1.807, 2.05) is 0 Å². The van der Waals surface area contributed by atoms with Crippen molar-refractivity contribution in [1.82, 2.24) is 9.78 Å². The number of anilines is 1. The van der Waals surface area contributed by atoms with Gasteiger partial charge in [0, 0.05) is 20.4 Å². The van der Waals surface area contributed by atoms with Crippen molar-refractivity contribution in [3.63, 3.8) is 0 Å². The van der Waals surface area contributed by atoms with Crippen molar-refractivity contribution in [3.8, 4) is 0 Å². The third-order valence-corrected chi connectivity index (χ3v) is 2.80. The number of amides is 1. The van der Waals surface area contributed by atoms with Gasteiger partial charge >= 0.3 is 0 Å². The van der Waals surface area contributed by atoms with Gasteiger partial charge in [-0.1, -0.05) is 0 Å². The lowest BCUT2D eigenvalue weighted by molar-refractivity contribution is -0.117. The third kappa shape index (κ3) is 3.80. The van der Waals surface area contributed by atoms with E-state index in [-0.39, 0.29) is 23.7 Å². The van der Waals surface area contributed by atoms with E-state index in [1.165, 1.54) is 25.0 Å². The smallest absolute Gasteiger partial charge is 0.243 e. The second-order valence-electron chi connectivity index (χ2n) is 3.35. The number of hydrogen-bond donors (Lipinski definition) is 2. The molecule has 0 spiro atoms. The molecule has 3 N–H and O–H groups in total. The van der Waals surface area contributed by atoms with Crippen LogP contribution in [0.15, 0.2) is 11.1 Å². The Morgan fingerprint density at radius 2 is 2.29 bits per heavy atom. The zero-order chi connectivity index (χ0) is 13.1. The molecule has 0 unspecified atom stereocenters. The number of carbonyl (C=O) groups excluding carboxylic acids is 1. The Morgan fingerprint density at radius 1 is 1.65 bits per heavy atom. The van der Waals surface area contributed by atoms with E-state index in [9.17, 15) is 13.2 Å². The number of sulfonamides is 1. The minimum absolute atomic E-state index is 0.0731. The number of primary sulfonamides is 1. The van der Waals surface area contributed by atoms with Crippen molar-refractivity contribution in [3.05, 3.63) is 6.20 Å². The van der Waals surface area contributed by atoms with Crippen molar-refractivity contribution in [2.45, 2.75) is 11.3 Å². The molecule has 0 fully saturated rings. The second-order valence-corrected chi connectivity index (χ2v) is 4.88. The minimum Gasteiger partial charge on any atom is -0.384 e. The topological polar surface area (TPSA) is 116 Å². The third-order valence-electron chi connectivity index (χ3n) is 1.89. The Bertz CT molecular complexity index is 508. The first-order valence-corrected chi connectivity index (χ1v) is 6.24. The van der Waals surface area contributed by atoms with Crippen molar-refractivity contribution in [2.75, 3.05) is 19.0 Å². The van der Waals surface area contributed by atoms with Gasteiger partial charge in [0.05, 0.1) is 13.0 Å². The summed E-state index contributed by atoms with van der Waals surface area (Å²) < 4.78 is 28.4. The van der Waals surface area contributed by atoms with Crippen LogP contribution in [0.3, 0.4) is 0 Å². The predicted molar refractivity (Wildman–Crippen MR) is 59.7 cm³/mol. The fourth-order valence-electron chi connectivity index (χ4n) is 1.15. The molecule has 0 saturated carbocycles. The van der Waals surface area contributed by atoms with Crippen LogP contribution >= 0.6 is 0 Å². The molecule has 0 aliphatic carbocycles. The molecule has 1 aromatic rings. The van der Waals surface area contributed by atoms with Crippen LogP contribution in [0, 0.1) is 0 Å². The lowest BCUT2D eigenvalue weighted by Crippen LogP contribution is -2.18. The Balaban J connectivity index is 2.88. The van der Waals surface area contributed by atoms with Gasteiger partial charge in [0.25, 0.3) is 0 Å². The highest BCUT2D eigenvalue weighted by Crippen LogP contribution is 2.17. The maximum atomic E-state index is 11.4. The molecule has 17 heavy (non-hydrogen) atoms. The highest BCUT2D eigenvalue weighted by Gasteiger charge is 2.19. The van der Waals surface area contributed by atoms with Gasteiger partial charge in [-0.25, -0.2) is 13.6 Å². The molecule has 0 aromatic carbocycles. The zero-order valence-electron chi connectivity index (χ0n) is 9.50. The minimum atomic E-state index is -3.91. The van der Waals surface area contributed by atoms with Crippen LogP contribution in [0.1, 0.15) is 6.42 Å². The molecular formula is C8H14N4O4S. The number of nitrogens with zero attached hydrogens (tertiary/aromatic N) is 2. The van der Waals surface area contributed by atoms with E-state index in [0.29, 0.717) is 0 Å². The van der Waals surface area contributed by atoms with Gasteiger partial charge in [0.2, 0.25) is 15.9 Å². The summed E-state index contributed by atoms with van der Waals surface area (Å²) in [5.74, 6) is -0.466. The normalized spacial score (nSPS) is 11.5. The Hall–Kier alpha value is -1.45. The van der Waals surface area contributed by atoms with Gasteiger partial charge in [0.1, 0.15) is 4.90 Å². The first-order valence-electron chi connectivity index (χ1n) is 4.70. The SMILES string of the molecule is COCCC(=O)Nc1nn(C)cc1S(N)(=O)=O. The highest BCUT2D eigenvalue weighted by molar-refractivity contribution is 7.89. The summed E-state index contributed by atoms with van der Waals surface area (Å²) in [6.45, 7) is 0.239. The van der Waals surface area contributed by atoms with Gasteiger partial charge in [0.15, 0.2) is 5.82 Å². The number of ether oxygens (including phenoxy) is 1. The van der Waals surface area contributed by atoms with Crippen LogP contribution in [0.2, 0.25) is 0 Å². The molecule has 0 aliphatic rings. The summed E-state index contributed by atoms with van der Waals surface area (Å²) in [6, 6.07) is 0. The molecule has 0 aliphatic heterocycles. The molecule has 0 atom stereocenters. The van der Waals surface area contributed by atoms with Crippen LogP contribution in [0.25, 0.3) is 0 Å². The summed E-state index contributed by atoms with van der Waals surface area (Å²) >= 11 is 0. The second kappa shape index (κ2) is 5.25. The standard InChI is InChI=1S/C8H14N4O4S/c1-12-5-6(17(9,14)15)8(11-12)10-7(13)3-4-16-2/h5H,3-4H2,1-2H3,(H2,9,14,15)(H,10,11,13). The number of rotatable bonds is 5. The van der Waals surface area contributed by atoms with Crippen molar-refractivity contribution in [2.24, 2.45) is 12.2 Å². The van der Waals surface area contributed by atoms with Crippen LogP contribution in [0.5, 0.6) is 0 Å². The molecule has 1 aromatic heterocycles. The number of nitrogens with two attached hydrogens (primary N) is 1. The van der Waals surface area contributed by atoms with E-state index >= 15 is 0 Å². The molecule has 1 amide bonds. The van der Waals surface area contributed by atoms with Gasteiger partial charge in [-0.2, -0.15) is 5.10 Å². The molecule has 9 heteroatoms. The fraction of sp³-hybridized carbons (Fsp3) is 0.500. The van der Waals surface area contributed by atoms with E-state index in [0.717, 1.165) is 0 Å². The maximum absolute atomic E-state index is 11.4. The molecule has 8 nitrogen and oxygen atoms in total. The highest BCUT2D eigenvalue weighted by atomic mass is 32.2. The van der Waals surface area contributed by atoms with Gasteiger partial charge in [-0.05, 0) is 0 Å². The van der Waals surface area contributed by atoms with Crippen LogP contribution in [-0.4, -0.2) is 37.8 Å². The zero-order valence-corrected chi connectivity index (χ0v) is 10.3. The lowest BCUT2D eigenvalue weighted by atomic mass is 10.4. The van der Waals surface area contributed by atoms with Gasteiger partial charge < -0.3 is 10.1 Å². The average molecular weight is 262 g/mol. The average Bonchev–Trinajstić information content (AvgIpc) is 2.56. The van der Waals surface area contributed by atoms with Crippen molar-refractivity contribution < 1.29 is 17.9 Å². The Morgan fingerprint density at radius 3 is 2.82 bits per heavy atom. The summed E-state index contributed by atoms with van der Waals surface area (Å²) in [5, 5.41) is 11.2. The maximum Gasteiger partial charge on any atom is 0.243 e. The van der Waals surface area contributed by atoms with E-state index in [4.69, 9.17) is 9.88 Å². The number of hydrogen-bond acceptors (Lipinski definition) is 5. The largest absolute Gasteiger partial charge is 0.384 e. The summed E-state index contributed by atoms with van der Waals surface area (Å²) in [4.78, 5) is 11.2. The quantitative estimate of drug-likeness (QED) is 0.709. The number of aromatic nitrogens is 2. The first kappa shape index (κ1) is 13.6. The Labute approximate surface area is 98.8 Å². The summed E-state index contributed by atoms with van der Waals surface area (Å²) in [6.07, 6.45) is 1.33. The monoisotopic (exact) mass is 262 g/mol. The predicted octanol–water partition coefficient (Wildman–Crippen LogP) is -0.957. The van der Waals surface area contributed by atoms with E-state index < -0.39 is 15.9 Å². The number of aryl methyl sites for hydroxylation is 1.